The number of hydrogen-bond acceptors (Lipinski definition) is 3. The third kappa shape index (κ3) is 4.05. The maximum atomic E-state index is 6.51. The van der Waals surface area contributed by atoms with Crippen LogP contribution in [0.25, 0.3) is 0 Å². The van der Waals surface area contributed by atoms with Crippen molar-refractivity contribution in [3.63, 3.8) is 0 Å². The lowest BCUT2D eigenvalue weighted by Crippen LogP contribution is -2.51. The molecule has 18 heavy (non-hydrogen) atoms. The number of hydrogen-bond donors (Lipinski definition) is 0. The zero-order chi connectivity index (χ0) is 14.0. The predicted molar refractivity (Wildman–Crippen MR) is 77.5 cm³/mol. The normalized spacial score (nSPS) is 30.5. The van der Waals surface area contributed by atoms with Crippen LogP contribution in [0.2, 0.25) is 18.1 Å². The summed E-state index contributed by atoms with van der Waals surface area (Å²) in [6.45, 7) is 15.1. The largest absolute Gasteiger partial charge is 0.411 e. The van der Waals surface area contributed by atoms with Gasteiger partial charge in [0.05, 0.1) is 12.7 Å². The standard InChI is InChI=1S/C14H30O3Si/c1-11-8-12(13(10-15-5)16-9-11)17-18(6,7)14(2,3)4/h11-13H,8-10H2,1-7H3/t11-,12-,13+/m1/s1. The number of ether oxygens (including phenoxy) is 2. The van der Waals surface area contributed by atoms with Crippen molar-refractivity contribution in [2.24, 2.45) is 5.92 Å². The van der Waals surface area contributed by atoms with Crippen molar-refractivity contribution < 1.29 is 13.9 Å². The van der Waals surface area contributed by atoms with E-state index in [1.807, 2.05) is 0 Å². The minimum Gasteiger partial charge on any atom is -0.411 e. The summed E-state index contributed by atoms with van der Waals surface area (Å²) in [5.41, 5.74) is 0. The Hall–Kier alpha value is 0.0969. The lowest BCUT2D eigenvalue weighted by atomic mass is 9.98. The molecule has 0 aromatic rings. The van der Waals surface area contributed by atoms with Gasteiger partial charge in [0.25, 0.3) is 0 Å². The summed E-state index contributed by atoms with van der Waals surface area (Å²) in [6, 6.07) is 0. The fourth-order valence-corrected chi connectivity index (χ4v) is 3.37. The maximum Gasteiger partial charge on any atom is 0.192 e. The van der Waals surface area contributed by atoms with Gasteiger partial charge >= 0.3 is 0 Å². The molecule has 0 aromatic heterocycles. The molecule has 4 heteroatoms. The van der Waals surface area contributed by atoms with Gasteiger partial charge < -0.3 is 13.9 Å². The second kappa shape index (κ2) is 6.03. The highest BCUT2D eigenvalue weighted by Gasteiger charge is 2.42. The second-order valence-corrected chi connectivity index (χ2v) is 11.8. The molecular weight excluding hydrogens is 244 g/mol. The Morgan fingerprint density at radius 2 is 1.89 bits per heavy atom. The minimum absolute atomic E-state index is 0.0975. The third-order valence-corrected chi connectivity index (χ3v) is 8.73. The molecule has 0 unspecified atom stereocenters. The summed E-state index contributed by atoms with van der Waals surface area (Å²) in [6.07, 6.45) is 1.37. The molecule has 0 N–H and O–H groups in total. The lowest BCUT2D eigenvalue weighted by molar-refractivity contribution is -0.113. The Labute approximate surface area is 113 Å². The first kappa shape index (κ1) is 16.2. The van der Waals surface area contributed by atoms with Crippen molar-refractivity contribution in [2.75, 3.05) is 20.3 Å². The summed E-state index contributed by atoms with van der Waals surface area (Å²) in [5, 5.41) is 0.241. The van der Waals surface area contributed by atoms with E-state index in [4.69, 9.17) is 13.9 Å². The Bertz CT molecular complexity index is 260. The quantitative estimate of drug-likeness (QED) is 0.735. The van der Waals surface area contributed by atoms with Gasteiger partial charge in [0, 0.05) is 13.7 Å². The van der Waals surface area contributed by atoms with E-state index in [-0.39, 0.29) is 17.2 Å². The molecule has 1 fully saturated rings. The summed E-state index contributed by atoms with van der Waals surface area (Å²) in [7, 11) is -0.00131. The van der Waals surface area contributed by atoms with Gasteiger partial charge in [-0.1, -0.05) is 27.7 Å². The van der Waals surface area contributed by atoms with E-state index >= 15 is 0 Å². The summed E-state index contributed by atoms with van der Waals surface area (Å²) < 4.78 is 17.6. The molecule has 0 aromatic carbocycles. The fourth-order valence-electron chi connectivity index (χ4n) is 2.01. The van der Waals surface area contributed by atoms with E-state index in [1.165, 1.54) is 0 Å². The van der Waals surface area contributed by atoms with Gasteiger partial charge in [-0.25, -0.2) is 0 Å². The van der Waals surface area contributed by atoms with Crippen LogP contribution in [0, 0.1) is 5.92 Å². The number of rotatable bonds is 4. The van der Waals surface area contributed by atoms with Gasteiger partial charge in [-0.3, -0.25) is 0 Å². The van der Waals surface area contributed by atoms with Crippen LogP contribution in [0.1, 0.15) is 34.1 Å². The summed E-state index contributed by atoms with van der Waals surface area (Å²) in [5.74, 6) is 0.577. The third-order valence-electron chi connectivity index (χ3n) is 4.23. The van der Waals surface area contributed by atoms with Gasteiger partial charge in [-0.15, -0.1) is 0 Å². The van der Waals surface area contributed by atoms with E-state index in [9.17, 15) is 0 Å². The molecular formula is C14H30O3Si. The first-order chi connectivity index (χ1) is 8.17. The smallest absolute Gasteiger partial charge is 0.192 e. The van der Waals surface area contributed by atoms with Crippen molar-refractivity contribution in [1.29, 1.82) is 0 Å². The highest BCUT2D eigenvalue weighted by Crippen LogP contribution is 2.39. The van der Waals surface area contributed by atoms with Crippen LogP contribution in [-0.4, -0.2) is 40.8 Å². The molecule has 1 aliphatic heterocycles. The van der Waals surface area contributed by atoms with Crippen molar-refractivity contribution >= 4 is 8.32 Å². The van der Waals surface area contributed by atoms with Crippen LogP contribution in [-0.2, 0) is 13.9 Å². The van der Waals surface area contributed by atoms with Crippen LogP contribution >= 0.6 is 0 Å². The highest BCUT2D eigenvalue weighted by atomic mass is 28.4. The first-order valence-corrected chi connectivity index (χ1v) is 9.86. The molecule has 0 radical (unpaired) electrons. The van der Waals surface area contributed by atoms with Crippen molar-refractivity contribution in [2.45, 2.75) is 64.5 Å². The average molecular weight is 274 g/mol. The van der Waals surface area contributed by atoms with E-state index in [0.29, 0.717) is 12.5 Å². The van der Waals surface area contributed by atoms with Crippen molar-refractivity contribution in [3.8, 4) is 0 Å². The van der Waals surface area contributed by atoms with E-state index in [1.54, 1.807) is 7.11 Å². The lowest BCUT2D eigenvalue weighted by Gasteiger charge is -2.43. The fraction of sp³-hybridized carbons (Fsp3) is 1.00. The van der Waals surface area contributed by atoms with Crippen LogP contribution in [0.5, 0.6) is 0 Å². The first-order valence-electron chi connectivity index (χ1n) is 6.95. The van der Waals surface area contributed by atoms with Crippen LogP contribution in [0.3, 0.4) is 0 Å². The van der Waals surface area contributed by atoms with E-state index in [2.05, 4.69) is 40.8 Å². The van der Waals surface area contributed by atoms with Crippen molar-refractivity contribution in [3.05, 3.63) is 0 Å². The van der Waals surface area contributed by atoms with Gasteiger partial charge in [-0.05, 0) is 30.5 Å². The zero-order valence-corrected chi connectivity index (χ0v) is 14.1. The molecule has 108 valence electrons. The summed E-state index contributed by atoms with van der Waals surface area (Å²) >= 11 is 0. The number of methoxy groups -OCH3 is 1. The average Bonchev–Trinajstić information content (AvgIpc) is 2.20. The molecule has 0 bridgehead atoms. The molecule has 1 rings (SSSR count). The molecule has 0 aliphatic carbocycles. The highest BCUT2D eigenvalue weighted by molar-refractivity contribution is 6.74. The van der Waals surface area contributed by atoms with Crippen LogP contribution in [0.15, 0.2) is 0 Å². The van der Waals surface area contributed by atoms with E-state index < -0.39 is 8.32 Å². The maximum absolute atomic E-state index is 6.51. The van der Waals surface area contributed by atoms with Crippen LogP contribution < -0.4 is 0 Å². The topological polar surface area (TPSA) is 27.7 Å². The van der Waals surface area contributed by atoms with Gasteiger partial charge in [0.15, 0.2) is 8.32 Å². The van der Waals surface area contributed by atoms with Gasteiger partial charge in [0.1, 0.15) is 6.10 Å². The molecule has 3 nitrogen and oxygen atoms in total. The molecule has 0 saturated carbocycles. The molecule has 0 amide bonds. The Morgan fingerprint density at radius 3 is 2.39 bits per heavy atom. The SMILES string of the molecule is COC[C@@H]1OC[C@H](C)C[C@H]1O[Si](C)(C)C(C)(C)C. The van der Waals surface area contributed by atoms with Gasteiger partial charge in [-0.2, -0.15) is 0 Å². The Morgan fingerprint density at radius 1 is 1.28 bits per heavy atom. The predicted octanol–water partition coefficient (Wildman–Crippen LogP) is 3.45. The monoisotopic (exact) mass is 274 g/mol. The Balaban J connectivity index is 2.71. The Kier molecular flexibility index (Phi) is 5.41. The van der Waals surface area contributed by atoms with Crippen LogP contribution in [0.4, 0.5) is 0 Å². The molecule has 3 atom stereocenters. The second-order valence-electron chi connectivity index (χ2n) is 7.08. The van der Waals surface area contributed by atoms with E-state index in [0.717, 1.165) is 13.0 Å². The molecule has 1 aliphatic rings. The van der Waals surface area contributed by atoms with Crippen molar-refractivity contribution in [1.82, 2.24) is 0 Å². The molecule has 1 saturated heterocycles. The summed E-state index contributed by atoms with van der Waals surface area (Å²) in [4.78, 5) is 0. The molecule has 0 spiro atoms. The van der Waals surface area contributed by atoms with Gasteiger partial charge in [0.2, 0.25) is 0 Å². The minimum atomic E-state index is -1.73. The zero-order valence-electron chi connectivity index (χ0n) is 13.1. The molecule has 1 heterocycles.